The number of likely N-dealkylation sites (tertiary alicyclic amines) is 1. The molecule has 2 atom stereocenters. The monoisotopic (exact) mass is 545 g/mol. The Morgan fingerprint density at radius 2 is 1.97 bits per heavy atom. The van der Waals surface area contributed by atoms with Gasteiger partial charge in [0.05, 0.1) is 6.54 Å². The lowest BCUT2D eigenvalue weighted by Gasteiger charge is -2.33. The van der Waals surface area contributed by atoms with Gasteiger partial charge in [-0.15, -0.1) is 11.8 Å². The number of nitrogens with one attached hydrogen (secondary N) is 1. The van der Waals surface area contributed by atoms with Crippen molar-refractivity contribution in [2.45, 2.75) is 69.7 Å². The molecule has 0 saturated carbocycles. The highest BCUT2D eigenvalue weighted by Gasteiger charge is 2.49. The van der Waals surface area contributed by atoms with Crippen LogP contribution >= 0.6 is 23.4 Å². The molecule has 3 heterocycles. The highest BCUT2D eigenvalue weighted by atomic mass is 35.5. The zero-order chi connectivity index (χ0) is 26.4. The van der Waals surface area contributed by atoms with E-state index in [4.69, 9.17) is 11.6 Å². The largest absolute Gasteiger partial charge is 0.501 e. The molecule has 0 bridgehead atoms. The van der Waals surface area contributed by atoms with Crippen LogP contribution in [0.25, 0.3) is 0 Å². The zero-order valence-electron chi connectivity index (χ0n) is 21.2. The summed E-state index contributed by atoms with van der Waals surface area (Å²) >= 11 is 7.50. The molecule has 5 amide bonds. The Bertz CT molecular complexity index is 1120. The van der Waals surface area contributed by atoms with E-state index >= 15 is 0 Å². The first-order valence-electron chi connectivity index (χ1n) is 13.0. The Kier molecular flexibility index (Phi) is 9.43. The Hall–Kier alpha value is -2.65. The predicted molar refractivity (Wildman–Crippen MR) is 145 cm³/mol. The van der Waals surface area contributed by atoms with E-state index in [1.54, 1.807) is 12.1 Å². The summed E-state index contributed by atoms with van der Waals surface area (Å²) in [5, 5.41) is 4.83. The fourth-order valence-corrected chi connectivity index (χ4v) is 6.14. The molecule has 3 aliphatic heterocycles. The normalized spacial score (nSPS) is 21.5. The first-order valence-corrected chi connectivity index (χ1v) is 14.3. The topological polar surface area (TPSA) is 89.8 Å². The highest BCUT2D eigenvalue weighted by molar-refractivity contribution is 8.04. The van der Waals surface area contributed by atoms with Crippen molar-refractivity contribution in [1.82, 2.24) is 15.1 Å². The number of amides is 5. The van der Waals surface area contributed by atoms with Gasteiger partial charge in [-0.05, 0) is 68.6 Å². The van der Waals surface area contributed by atoms with E-state index in [1.807, 2.05) is 35.4 Å². The van der Waals surface area contributed by atoms with Crippen molar-refractivity contribution in [3.8, 4) is 0 Å². The van der Waals surface area contributed by atoms with Gasteiger partial charge in [-0.1, -0.05) is 29.8 Å². The summed E-state index contributed by atoms with van der Waals surface area (Å²) in [6.45, 7) is 3.36. The number of carbonyl (C=O) groups excluding carboxylic acids is 4. The summed E-state index contributed by atoms with van der Waals surface area (Å²) in [6.07, 6.45) is 7.14. The maximum atomic E-state index is 13.3. The van der Waals surface area contributed by atoms with E-state index in [2.05, 4.69) is 5.32 Å². The van der Waals surface area contributed by atoms with Gasteiger partial charge in [-0.2, -0.15) is 14.3 Å². The van der Waals surface area contributed by atoms with Crippen molar-refractivity contribution in [2.24, 2.45) is 0 Å². The van der Waals surface area contributed by atoms with Gasteiger partial charge in [0, 0.05) is 30.6 Å². The first-order chi connectivity index (χ1) is 17.9. The minimum absolute atomic E-state index is 0.0463. The molecule has 1 aromatic carbocycles. The minimum Gasteiger partial charge on any atom is -0.352 e. The lowest BCUT2D eigenvalue weighted by molar-refractivity contribution is -0.428. The number of rotatable bonds is 10. The highest BCUT2D eigenvalue weighted by Crippen LogP contribution is 2.28. The number of allylic oxidation sites excluding steroid dienone is 1. The summed E-state index contributed by atoms with van der Waals surface area (Å²) in [7, 11) is 0. The van der Waals surface area contributed by atoms with Crippen molar-refractivity contribution in [3.63, 3.8) is 0 Å². The maximum absolute atomic E-state index is 13.3. The third-order valence-electron chi connectivity index (χ3n) is 7.12. The Morgan fingerprint density at radius 1 is 1.16 bits per heavy atom. The van der Waals surface area contributed by atoms with E-state index in [-0.39, 0.29) is 36.9 Å². The number of urea groups is 1. The third kappa shape index (κ3) is 6.62. The number of benzene rings is 1. The molecule has 37 heavy (non-hydrogen) atoms. The molecule has 3 aliphatic rings. The van der Waals surface area contributed by atoms with Gasteiger partial charge >= 0.3 is 11.9 Å². The summed E-state index contributed by atoms with van der Waals surface area (Å²) in [4.78, 5) is 54.8. The van der Waals surface area contributed by atoms with E-state index in [1.165, 1.54) is 21.2 Å². The molecule has 1 aromatic rings. The van der Waals surface area contributed by atoms with Crippen molar-refractivity contribution < 1.29 is 23.8 Å². The lowest BCUT2D eigenvalue weighted by atomic mass is 10.0. The zero-order valence-corrected chi connectivity index (χ0v) is 22.7. The molecule has 1 N–H and O–H groups in total. The van der Waals surface area contributed by atoms with Gasteiger partial charge < -0.3 is 10.2 Å². The van der Waals surface area contributed by atoms with E-state index in [0.717, 1.165) is 24.8 Å². The summed E-state index contributed by atoms with van der Waals surface area (Å²) < 4.78 is 1.48. The molecule has 8 nitrogen and oxygen atoms in total. The van der Waals surface area contributed by atoms with Gasteiger partial charge in [0.2, 0.25) is 5.91 Å². The third-order valence-corrected chi connectivity index (χ3v) is 8.50. The number of piperidine rings is 1. The van der Waals surface area contributed by atoms with Crippen molar-refractivity contribution in [3.05, 3.63) is 46.3 Å². The van der Waals surface area contributed by atoms with Crippen LogP contribution in [0, 0.1) is 0 Å². The van der Waals surface area contributed by atoms with Crippen molar-refractivity contribution >= 4 is 52.8 Å². The molecule has 0 aromatic heterocycles. The van der Waals surface area contributed by atoms with Crippen LogP contribution in [0.5, 0.6) is 0 Å². The van der Waals surface area contributed by atoms with Gasteiger partial charge in [-0.3, -0.25) is 9.59 Å². The number of fused-ring (bicyclic) bond motifs is 1. The average molecular weight is 546 g/mol. The average Bonchev–Trinajstić information content (AvgIpc) is 3.38. The SMILES string of the molecule is CC1CCCCN1C(=O)C[N+]1=C2C=CSC2C(=O)N(CCCCCC(=O)NCc2ccccc2Cl)C1=O. The lowest BCUT2D eigenvalue weighted by Crippen LogP contribution is -2.57. The fraction of sp³-hybridized carbons (Fsp3) is 0.519. The summed E-state index contributed by atoms with van der Waals surface area (Å²) in [6, 6.07) is 7.12. The molecule has 4 rings (SSSR count). The number of thioether (sulfide) groups is 1. The van der Waals surface area contributed by atoms with Crippen molar-refractivity contribution in [1.29, 1.82) is 0 Å². The summed E-state index contributed by atoms with van der Waals surface area (Å²) in [5.74, 6) is -0.369. The summed E-state index contributed by atoms with van der Waals surface area (Å²) in [5.41, 5.74) is 1.47. The predicted octanol–water partition coefficient (Wildman–Crippen LogP) is 3.96. The van der Waals surface area contributed by atoms with Gasteiger partial charge in [0.25, 0.3) is 5.91 Å². The maximum Gasteiger partial charge on any atom is 0.501 e. The van der Waals surface area contributed by atoms with Crippen LogP contribution in [0.2, 0.25) is 5.02 Å². The first kappa shape index (κ1) is 27.4. The fourth-order valence-electron chi connectivity index (χ4n) is 4.97. The number of hydrogen-bond acceptors (Lipinski definition) is 5. The molecule has 0 aliphatic carbocycles. The van der Waals surface area contributed by atoms with Gasteiger partial charge in [0.15, 0.2) is 11.8 Å². The molecule has 198 valence electrons. The van der Waals surface area contributed by atoms with Crippen LogP contribution in [0.15, 0.2) is 35.7 Å². The van der Waals surface area contributed by atoms with Crippen LogP contribution in [0.4, 0.5) is 4.79 Å². The molecule has 0 radical (unpaired) electrons. The van der Waals surface area contributed by atoms with Gasteiger partial charge in [0.1, 0.15) is 5.71 Å². The second-order valence-electron chi connectivity index (χ2n) is 9.71. The van der Waals surface area contributed by atoms with Crippen molar-refractivity contribution in [2.75, 3.05) is 19.6 Å². The molecule has 10 heteroatoms. The Balaban J connectivity index is 1.27. The van der Waals surface area contributed by atoms with E-state index in [9.17, 15) is 19.2 Å². The number of nitrogens with zero attached hydrogens (tertiary/aromatic N) is 3. The molecule has 1 fully saturated rings. The molecule has 1 saturated heterocycles. The smallest absolute Gasteiger partial charge is 0.352 e. The van der Waals surface area contributed by atoms with E-state index < -0.39 is 11.3 Å². The van der Waals surface area contributed by atoms with Crippen LogP contribution < -0.4 is 5.32 Å². The Labute approximate surface area is 227 Å². The van der Waals surface area contributed by atoms with Gasteiger partial charge in [-0.25, -0.2) is 4.79 Å². The number of hydrogen-bond donors (Lipinski definition) is 1. The quantitative estimate of drug-likeness (QED) is 0.355. The second-order valence-corrected chi connectivity index (χ2v) is 11.1. The molecule has 0 spiro atoms. The standard InChI is InChI=1S/C27H33ClN4O4S/c1-19-9-6-8-14-30(19)24(34)18-32-22-13-16-37-25(22)26(35)31(27(32)36)15-7-2-3-12-23(33)29-17-20-10-4-5-11-21(20)28/h4-5,10-11,13,16,19,25H,2-3,6-9,12,14-15,17-18H2,1H3/p+1. The van der Waals surface area contributed by atoms with Crippen LogP contribution in [-0.2, 0) is 20.9 Å². The number of unbranched alkanes of at least 4 members (excludes halogenated alkanes) is 2. The van der Waals surface area contributed by atoms with E-state index in [0.29, 0.717) is 49.5 Å². The van der Waals surface area contributed by atoms with Crippen LogP contribution in [-0.4, -0.2) is 74.8 Å². The Morgan fingerprint density at radius 3 is 2.76 bits per heavy atom. The number of halogens is 1. The molecular formula is C27H34ClN4O4S+. The molecule has 2 unspecified atom stereocenters. The molecular weight excluding hydrogens is 512 g/mol. The van der Waals surface area contributed by atoms with Crippen LogP contribution in [0.1, 0.15) is 57.4 Å². The number of imide groups is 1. The number of carbonyl (C=O) groups is 4. The minimum atomic E-state index is -0.486. The second kappa shape index (κ2) is 12.7. The van der Waals surface area contributed by atoms with Crippen LogP contribution in [0.3, 0.4) is 0 Å².